The lowest BCUT2D eigenvalue weighted by atomic mass is 9.96. The first-order valence-electron chi connectivity index (χ1n) is 6.20. The van der Waals surface area contributed by atoms with E-state index in [-0.39, 0.29) is 0 Å². The summed E-state index contributed by atoms with van der Waals surface area (Å²) in [4.78, 5) is 2.64. The fourth-order valence-electron chi connectivity index (χ4n) is 2.72. The lowest BCUT2D eigenvalue weighted by Crippen LogP contribution is -2.46. The molecule has 0 amide bonds. The van der Waals surface area contributed by atoms with E-state index >= 15 is 0 Å². The van der Waals surface area contributed by atoms with Gasteiger partial charge in [0.25, 0.3) is 0 Å². The van der Waals surface area contributed by atoms with Crippen LogP contribution in [0.1, 0.15) is 52.4 Å². The molecule has 0 aromatic carbocycles. The standard InChI is InChI=1S/C12H25NO/c1-3-11(4-2)13-9-6-5-7-12(13)8-10-14/h11-12,14H,3-10H2,1-2H3. The molecule has 14 heavy (non-hydrogen) atoms. The molecular formula is C12H25NO. The van der Waals surface area contributed by atoms with Crippen molar-refractivity contribution in [3.8, 4) is 0 Å². The van der Waals surface area contributed by atoms with E-state index in [4.69, 9.17) is 5.11 Å². The molecule has 2 nitrogen and oxygen atoms in total. The predicted molar refractivity (Wildman–Crippen MR) is 60.4 cm³/mol. The summed E-state index contributed by atoms with van der Waals surface area (Å²) in [6, 6.07) is 1.39. The topological polar surface area (TPSA) is 23.5 Å². The fraction of sp³-hybridized carbons (Fsp3) is 1.00. The van der Waals surface area contributed by atoms with Crippen molar-refractivity contribution >= 4 is 0 Å². The molecule has 84 valence electrons. The minimum absolute atomic E-state index is 0.349. The van der Waals surface area contributed by atoms with Gasteiger partial charge in [0.05, 0.1) is 0 Å². The van der Waals surface area contributed by atoms with Crippen molar-refractivity contribution in [2.24, 2.45) is 0 Å². The molecule has 0 bridgehead atoms. The van der Waals surface area contributed by atoms with Crippen LogP contribution in [0, 0.1) is 0 Å². The van der Waals surface area contributed by atoms with E-state index in [9.17, 15) is 0 Å². The van der Waals surface area contributed by atoms with Gasteiger partial charge in [-0.15, -0.1) is 0 Å². The van der Waals surface area contributed by atoms with Crippen molar-refractivity contribution in [1.29, 1.82) is 0 Å². The van der Waals surface area contributed by atoms with Gasteiger partial charge in [0, 0.05) is 18.7 Å². The number of rotatable bonds is 5. The van der Waals surface area contributed by atoms with E-state index in [2.05, 4.69) is 18.7 Å². The normalized spacial score (nSPS) is 24.4. The van der Waals surface area contributed by atoms with Crippen LogP contribution in [0.25, 0.3) is 0 Å². The maximum Gasteiger partial charge on any atom is 0.0445 e. The van der Waals surface area contributed by atoms with Crippen molar-refractivity contribution in [2.45, 2.75) is 64.5 Å². The number of aliphatic hydroxyl groups excluding tert-OH is 1. The number of piperidine rings is 1. The van der Waals surface area contributed by atoms with Gasteiger partial charge in [-0.1, -0.05) is 20.3 Å². The largest absolute Gasteiger partial charge is 0.396 e. The molecule has 0 spiro atoms. The Bertz CT molecular complexity index is 143. The maximum absolute atomic E-state index is 9.04. The summed E-state index contributed by atoms with van der Waals surface area (Å²) in [5.74, 6) is 0. The van der Waals surface area contributed by atoms with E-state index in [1.54, 1.807) is 0 Å². The highest BCUT2D eigenvalue weighted by Crippen LogP contribution is 2.24. The van der Waals surface area contributed by atoms with Crippen LogP contribution in [0.15, 0.2) is 0 Å². The number of likely N-dealkylation sites (tertiary alicyclic amines) is 1. The van der Waals surface area contributed by atoms with Crippen LogP contribution in [0.3, 0.4) is 0 Å². The number of aliphatic hydroxyl groups is 1. The summed E-state index contributed by atoms with van der Waals surface area (Å²) in [5, 5.41) is 9.04. The van der Waals surface area contributed by atoms with Crippen LogP contribution < -0.4 is 0 Å². The molecule has 0 radical (unpaired) electrons. The molecule has 1 heterocycles. The highest BCUT2D eigenvalue weighted by molar-refractivity contribution is 4.81. The molecule has 1 N–H and O–H groups in total. The maximum atomic E-state index is 9.04. The third-order valence-electron chi connectivity index (χ3n) is 3.55. The average molecular weight is 199 g/mol. The molecule has 1 aliphatic heterocycles. The SMILES string of the molecule is CCC(CC)N1CCCCC1CCO. The summed E-state index contributed by atoms with van der Waals surface area (Å²) in [5.41, 5.74) is 0. The van der Waals surface area contributed by atoms with Crippen molar-refractivity contribution < 1.29 is 5.11 Å². The fourth-order valence-corrected chi connectivity index (χ4v) is 2.72. The van der Waals surface area contributed by atoms with Crippen molar-refractivity contribution in [3.63, 3.8) is 0 Å². The molecule has 2 heteroatoms. The Morgan fingerprint density at radius 1 is 1.29 bits per heavy atom. The highest BCUT2D eigenvalue weighted by Gasteiger charge is 2.26. The molecule has 0 saturated carbocycles. The monoisotopic (exact) mass is 199 g/mol. The van der Waals surface area contributed by atoms with Gasteiger partial charge in [-0.25, -0.2) is 0 Å². The Morgan fingerprint density at radius 3 is 2.57 bits per heavy atom. The summed E-state index contributed by atoms with van der Waals surface area (Å²) in [7, 11) is 0. The average Bonchev–Trinajstić information content (AvgIpc) is 2.23. The van der Waals surface area contributed by atoms with Gasteiger partial charge in [-0.2, -0.15) is 0 Å². The number of nitrogens with zero attached hydrogens (tertiary/aromatic N) is 1. The Kier molecular flexibility index (Phi) is 5.49. The Labute approximate surface area is 88.3 Å². The molecule has 0 aliphatic carbocycles. The third-order valence-corrected chi connectivity index (χ3v) is 3.55. The summed E-state index contributed by atoms with van der Waals surface area (Å²) >= 11 is 0. The molecule has 1 fully saturated rings. The van der Waals surface area contributed by atoms with Crippen LogP contribution >= 0.6 is 0 Å². The first-order chi connectivity index (χ1) is 6.83. The Hall–Kier alpha value is -0.0800. The highest BCUT2D eigenvalue weighted by atomic mass is 16.3. The second-order valence-corrected chi connectivity index (χ2v) is 4.37. The molecule has 0 aromatic rings. The first kappa shape index (κ1) is 12.0. The lowest BCUT2D eigenvalue weighted by molar-refractivity contribution is 0.0715. The van der Waals surface area contributed by atoms with Gasteiger partial charge in [-0.05, 0) is 38.6 Å². The van der Waals surface area contributed by atoms with Gasteiger partial charge < -0.3 is 5.11 Å². The Morgan fingerprint density at radius 2 is 2.00 bits per heavy atom. The van der Waals surface area contributed by atoms with Crippen LogP contribution in [0.4, 0.5) is 0 Å². The minimum Gasteiger partial charge on any atom is -0.396 e. The Balaban J connectivity index is 2.51. The molecule has 1 saturated heterocycles. The number of hydrogen-bond donors (Lipinski definition) is 1. The smallest absolute Gasteiger partial charge is 0.0445 e. The van der Waals surface area contributed by atoms with E-state index in [1.165, 1.54) is 38.6 Å². The number of hydrogen-bond acceptors (Lipinski definition) is 2. The van der Waals surface area contributed by atoms with E-state index < -0.39 is 0 Å². The molecule has 0 aromatic heterocycles. The zero-order valence-corrected chi connectivity index (χ0v) is 9.71. The quantitative estimate of drug-likeness (QED) is 0.735. The molecule has 1 unspecified atom stereocenters. The second kappa shape index (κ2) is 6.41. The molecule has 1 rings (SSSR count). The van der Waals surface area contributed by atoms with E-state index in [0.29, 0.717) is 12.6 Å². The van der Waals surface area contributed by atoms with E-state index in [0.717, 1.165) is 12.5 Å². The van der Waals surface area contributed by atoms with Gasteiger partial charge in [0.1, 0.15) is 0 Å². The van der Waals surface area contributed by atoms with E-state index in [1.807, 2.05) is 0 Å². The summed E-state index contributed by atoms with van der Waals surface area (Å²) < 4.78 is 0. The van der Waals surface area contributed by atoms with Crippen LogP contribution in [-0.4, -0.2) is 35.2 Å². The summed E-state index contributed by atoms with van der Waals surface area (Å²) in [6.07, 6.45) is 7.45. The van der Waals surface area contributed by atoms with Crippen LogP contribution in [0.2, 0.25) is 0 Å². The van der Waals surface area contributed by atoms with Crippen LogP contribution in [0.5, 0.6) is 0 Å². The minimum atomic E-state index is 0.349. The molecular weight excluding hydrogens is 174 g/mol. The zero-order valence-electron chi connectivity index (χ0n) is 9.71. The predicted octanol–water partition coefficient (Wildman–Crippen LogP) is 2.41. The van der Waals surface area contributed by atoms with Crippen LogP contribution in [-0.2, 0) is 0 Å². The lowest BCUT2D eigenvalue weighted by Gasteiger charge is -2.40. The van der Waals surface area contributed by atoms with Crippen molar-refractivity contribution in [3.05, 3.63) is 0 Å². The van der Waals surface area contributed by atoms with Gasteiger partial charge in [-0.3, -0.25) is 4.90 Å². The zero-order chi connectivity index (χ0) is 10.4. The third kappa shape index (κ3) is 2.96. The van der Waals surface area contributed by atoms with Crippen molar-refractivity contribution in [2.75, 3.05) is 13.2 Å². The van der Waals surface area contributed by atoms with Crippen molar-refractivity contribution in [1.82, 2.24) is 4.90 Å². The molecule has 1 atom stereocenters. The molecule has 1 aliphatic rings. The van der Waals surface area contributed by atoms with Gasteiger partial charge >= 0.3 is 0 Å². The van der Waals surface area contributed by atoms with Gasteiger partial charge in [0.15, 0.2) is 0 Å². The first-order valence-corrected chi connectivity index (χ1v) is 6.20. The second-order valence-electron chi connectivity index (χ2n) is 4.37. The summed E-state index contributed by atoms with van der Waals surface area (Å²) in [6.45, 7) is 6.15. The van der Waals surface area contributed by atoms with Gasteiger partial charge in [0.2, 0.25) is 0 Å².